The van der Waals surface area contributed by atoms with Gasteiger partial charge >= 0.3 is 0 Å². The summed E-state index contributed by atoms with van der Waals surface area (Å²) in [6, 6.07) is 25.0. The maximum absolute atomic E-state index is 13.4. The van der Waals surface area contributed by atoms with Gasteiger partial charge in [-0.3, -0.25) is 9.59 Å². The van der Waals surface area contributed by atoms with Crippen molar-refractivity contribution in [3.05, 3.63) is 109 Å². The van der Waals surface area contributed by atoms with Crippen LogP contribution in [0.5, 0.6) is 0 Å². The molecule has 45 heavy (non-hydrogen) atoms. The average Bonchev–Trinajstić information content (AvgIpc) is 3.62. The smallest absolute Gasteiger partial charge is 0.253 e. The van der Waals surface area contributed by atoms with E-state index in [-0.39, 0.29) is 23.8 Å². The van der Waals surface area contributed by atoms with Gasteiger partial charge in [-0.15, -0.1) is 0 Å². The molecule has 0 radical (unpaired) electrons. The largest absolute Gasteiger partial charge is 0.349 e. The van der Waals surface area contributed by atoms with Gasteiger partial charge < -0.3 is 20.4 Å². The molecule has 6 rings (SSSR count). The van der Waals surface area contributed by atoms with Gasteiger partial charge in [0, 0.05) is 54.9 Å². The molecule has 10 heteroatoms. The average molecular weight is 601 g/mol. The zero-order chi connectivity index (χ0) is 31.3. The SMILES string of the molecule is CC1CN(C(=O)c2ccc(NC(=O)/C=C/CN(C)C)cc2)CC1Nc1nccc(-c2c(-c3ccccc3)nn3ccccc23)n1. The molecule has 1 saturated heterocycles. The maximum atomic E-state index is 13.4. The Hall–Kier alpha value is -5.35. The van der Waals surface area contributed by atoms with E-state index in [4.69, 9.17) is 10.1 Å². The Morgan fingerprint density at radius 3 is 2.53 bits per heavy atom. The molecule has 2 N–H and O–H groups in total. The predicted molar refractivity (Wildman–Crippen MR) is 177 cm³/mol. The molecule has 0 bridgehead atoms. The molecule has 2 unspecified atom stereocenters. The first-order valence-corrected chi connectivity index (χ1v) is 15.0. The lowest BCUT2D eigenvalue weighted by atomic mass is 10.0. The minimum atomic E-state index is -0.206. The number of carbonyl (C=O) groups is 2. The molecule has 0 aliphatic carbocycles. The molecule has 10 nitrogen and oxygen atoms in total. The van der Waals surface area contributed by atoms with Gasteiger partial charge in [-0.2, -0.15) is 5.10 Å². The number of anilines is 2. The van der Waals surface area contributed by atoms with Gasteiger partial charge in [0.1, 0.15) is 5.69 Å². The van der Waals surface area contributed by atoms with Crippen molar-refractivity contribution in [1.29, 1.82) is 0 Å². The Kier molecular flexibility index (Phi) is 8.65. The topological polar surface area (TPSA) is 108 Å². The molecule has 4 heterocycles. The number of nitrogens with zero attached hydrogens (tertiary/aromatic N) is 6. The van der Waals surface area contributed by atoms with Crippen molar-refractivity contribution in [2.45, 2.75) is 13.0 Å². The van der Waals surface area contributed by atoms with Gasteiger partial charge in [-0.05, 0) is 62.5 Å². The van der Waals surface area contributed by atoms with E-state index in [2.05, 4.69) is 22.5 Å². The van der Waals surface area contributed by atoms with E-state index in [1.165, 1.54) is 6.08 Å². The van der Waals surface area contributed by atoms with Gasteiger partial charge in [0.2, 0.25) is 11.9 Å². The Morgan fingerprint density at radius 1 is 0.978 bits per heavy atom. The molecule has 2 amide bonds. The lowest BCUT2D eigenvalue weighted by Gasteiger charge is -2.18. The molecular weight excluding hydrogens is 564 g/mol. The van der Waals surface area contributed by atoms with Crippen molar-refractivity contribution in [2.24, 2.45) is 5.92 Å². The highest BCUT2D eigenvalue weighted by atomic mass is 16.2. The molecule has 1 aliphatic rings. The summed E-state index contributed by atoms with van der Waals surface area (Å²) in [7, 11) is 3.88. The highest BCUT2D eigenvalue weighted by Gasteiger charge is 2.33. The van der Waals surface area contributed by atoms with Gasteiger partial charge in [0.25, 0.3) is 5.91 Å². The number of hydrogen-bond donors (Lipinski definition) is 2. The van der Waals surface area contributed by atoms with E-state index in [1.807, 2.05) is 89.2 Å². The Balaban J connectivity index is 1.14. The molecule has 1 fully saturated rings. The van der Waals surface area contributed by atoms with Gasteiger partial charge in [-0.1, -0.05) is 49.4 Å². The first-order valence-electron chi connectivity index (χ1n) is 15.0. The third-order valence-corrected chi connectivity index (χ3v) is 7.85. The summed E-state index contributed by atoms with van der Waals surface area (Å²) >= 11 is 0. The Labute approximate surface area is 262 Å². The van der Waals surface area contributed by atoms with Crippen LogP contribution < -0.4 is 10.6 Å². The Morgan fingerprint density at radius 2 is 1.76 bits per heavy atom. The number of amides is 2. The molecule has 0 spiro atoms. The second-order valence-corrected chi connectivity index (χ2v) is 11.6. The van der Waals surface area contributed by atoms with Crippen LogP contribution in [0.2, 0.25) is 0 Å². The van der Waals surface area contributed by atoms with Crippen LogP contribution in [0.15, 0.2) is 103 Å². The van der Waals surface area contributed by atoms with Crippen molar-refractivity contribution < 1.29 is 9.59 Å². The second kappa shape index (κ2) is 13.1. The third kappa shape index (κ3) is 6.76. The van der Waals surface area contributed by atoms with Crippen LogP contribution in [-0.2, 0) is 4.79 Å². The van der Waals surface area contributed by atoms with Crippen molar-refractivity contribution in [2.75, 3.05) is 44.4 Å². The number of rotatable bonds is 9. The molecule has 1 aliphatic heterocycles. The van der Waals surface area contributed by atoms with Crippen molar-refractivity contribution in [3.63, 3.8) is 0 Å². The van der Waals surface area contributed by atoms with Crippen LogP contribution in [0.3, 0.4) is 0 Å². The minimum Gasteiger partial charge on any atom is -0.349 e. The normalized spacial score (nSPS) is 16.5. The summed E-state index contributed by atoms with van der Waals surface area (Å²) in [5.74, 6) is 0.434. The fourth-order valence-corrected chi connectivity index (χ4v) is 5.54. The standard InChI is InChI=1S/C35H36N8O2/c1-24-22-42(34(45)26-14-16-27(17-15-26)37-31(44)13-9-20-41(2)3)23-29(24)39-35-36-19-18-28(38-35)32-30-12-7-8-21-43(30)40-33(32)25-10-5-4-6-11-25/h4-19,21,24,29H,20,22-23H2,1-3H3,(H,37,44)(H,36,38,39)/b13-9+. The number of carbonyl (C=O) groups excluding carboxylic acids is 2. The lowest BCUT2D eigenvalue weighted by molar-refractivity contribution is -0.111. The summed E-state index contributed by atoms with van der Waals surface area (Å²) in [4.78, 5) is 38.8. The van der Waals surface area contributed by atoms with Crippen LogP contribution in [0.1, 0.15) is 17.3 Å². The lowest BCUT2D eigenvalue weighted by Crippen LogP contribution is -2.32. The van der Waals surface area contributed by atoms with Crippen molar-refractivity contribution in [1.82, 2.24) is 29.4 Å². The first-order chi connectivity index (χ1) is 21.9. The van der Waals surface area contributed by atoms with E-state index in [9.17, 15) is 9.59 Å². The van der Waals surface area contributed by atoms with E-state index in [1.54, 1.807) is 36.5 Å². The number of pyridine rings is 1. The van der Waals surface area contributed by atoms with Crippen molar-refractivity contribution in [3.8, 4) is 22.5 Å². The molecule has 2 atom stereocenters. The highest BCUT2D eigenvalue weighted by molar-refractivity contribution is 6.00. The quantitative estimate of drug-likeness (QED) is 0.227. The van der Waals surface area contributed by atoms with Crippen LogP contribution in [-0.4, -0.2) is 81.0 Å². The number of likely N-dealkylation sites (tertiary alicyclic amines) is 1. The van der Waals surface area contributed by atoms with E-state index in [0.717, 1.165) is 28.0 Å². The predicted octanol–water partition coefficient (Wildman–Crippen LogP) is 5.09. The van der Waals surface area contributed by atoms with E-state index < -0.39 is 0 Å². The second-order valence-electron chi connectivity index (χ2n) is 11.6. The molecule has 3 aromatic heterocycles. The van der Waals surface area contributed by atoms with Gasteiger partial charge in [0.05, 0.1) is 22.8 Å². The first kappa shape index (κ1) is 29.7. The summed E-state index contributed by atoms with van der Waals surface area (Å²) in [5.41, 5.74) is 5.74. The van der Waals surface area contributed by atoms with Crippen LogP contribution >= 0.6 is 0 Å². The van der Waals surface area contributed by atoms with E-state index >= 15 is 0 Å². The Bertz CT molecular complexity index is 1830. The molecule has 0 saturated carbocycles. The van der Waals surface area contributed by atoms with Gasteiger partial charge in [-0.25, -0.2) is 14.5 Å². The monoisotopic (exact) mass is 600 g/mol. The van der Waals surface area contributed by atoms with Crippen LogP contribution in [0, 0.1) is 5.92 Å². The number of fused-ring (bicyclic) bond motifs is 1. The summed E-state index contributed by atoms with van der Waals surface area (Å²) < 4.78 is 1.87. The molecule has 228 valence electrons. The summed E-state index contributed by atoms with van der Waals surface area (Å²) in [6.07, 6.45) is 7.01. The van der Waals surface area contributed by atoms with E-state index in [0.29, 0.717) is 36.8 Å². The summed E-state index contributed by atoms with van der Waals surface area (Å²) in [5, 5.41) is 11.2. The third-order valence-electron chi connectivity index (χ3n) is 7.85. The number of likely N-dealkylation sites (N-methyl/N-ethyl adjacent to an activating group) is 1. The van der Waals surface area contributed by atoms with Crippen LogP contribution in [0.4, 0.5) is 11.6 Å². The van der Waals surface area contributed by atoms with Crippen LogP contribution in [0.25, 0.3) is 28.0 Å². The fraction of sp³-hybridized carbons (Fsp3) is 0.229. The highest BCUT2D eigenvalue weighted by Crippen LogP contribution is 2.34. The van der Waals surface area contributed by atoms with Crippen molar-refractivity contribution >= 4 is 29.0 Å². The minimum absolute atomic E-state index is 0.0192. The number of aromatic nitrogens is 4. The van der Waals surface area contributed by atoms with Gasteiger partial charge in [0.15, 0.2) is 0 Å². The fourth-order valence-electron chi connectivity index (χ4n) is 5.54. The zero-order valence-corrected chi connectivity index (χ0v) is 25.6. The molecule has 2 aromatic carbocycles. The molecule has 5 aromatic rings. The summed E-state index contributed by atoms with van der Waals surface area (Å²) in [6.45, 7) is 3.93. The number of nitrogens with one attached hydrogen (secondary N) is 2. The zero-order valence-electron chi connectivity index (χ0n) is 25.6. The molecular formula is C35H36N8O2. The number of benzene rings is 2. The number of hydrogen-bond acceptors (Lipinski definition) is 7. The maximum Gasteiger partial charge on any atom is 0.253 e.